The molecule has 0 bridgehead atoms. The molecule has 0 spiro atoms. The number of halogens is 1. The fourth-order valence-corrected chi connectivity index (χ4v) is 6.26. The molecular formula is C24H20BrN5O2S2. The van der Waals surface area contributed by atoms with E-state index in [0.717, 1.165) is 51.6 Å². The molecule has 1 N–H and O–H groups in total. The molecule has 1 amide bonds. The van der Waals surface area contributed by atoms with E-state index in [2.05, 4.69) is 31.4 Å². The maximum Gasteiger partial charge on any atom is 0.267 e. The van der Waals surface area contributed by atoms with E-state index in [9.17, 15) is 9.59 Å². The topological polar surface area (TPSA) is 89.2 Å². The van der Waals surface area contributed by atoms with Crippen molar-refractivity contribution >= 4 is 61.4 Å². The van der Waals surface area contributed by atoms with Crippen LogP contribution in [0.2, 0.25) is 0 Å². The number of rotatable bonds is 6. The lowest BCUT2D eigenvalue weighted by atomic mass is 9.97. The lowest BCUT2D eigenvalue weighted by Gasteiger charge is -2.13. The second-order valence-corrected chi connectivity index (χ2v) is 10.7. The van der Waals surface area contributed by atoms with Gasteiger partial charge < -0.3 is 0 Å². The Hall–Kier alpha value is -2.82. The lowest BCUT2D eigenvalue weighted by molar-refractivity contribution is -0.118. The van der Waals surface area contributed by atoms with Gasteiger partial charge >= 0.3 is 0 Å². The van der Waals surface area contributed by atoms with Crippen molar-refractivity contribution in [2.75, 3.05) is 5.75 Å². The SMILES string of the molecule is O=C(CSc1nc2sc3c(c2c(=O)n1-c1ccc(Br)cc1)CCCC3)NN=Cc1ccccn1. The molecule has 0 unspecified atom stereocenters. The van der Waals surface area contributed by atoms with Crippen molar-refractivity contribution in [1.82, 2.24) is 20.0 Å². The first kappa shape index (κ1) is 22.9. The van der Waals surface area contributed by atoms with Crippen molar-refractivity contribution in [2.24, 2.45) is 5.10 Å². The Bertz CT molecular complexity index is 1430. The number of aromatic nitrogens is 3. The molecule has 172 valence electrons. The molecule has 5 rings (SSSR count). The number of carbonyl (C=O) groups is 1. The molecule has 3 aromatic heterocycles. The minimum absolute atomic E-state index is 0.0686. The molecule has 1 aliphatic carbocycles. The van der Waals surface area contributed by atoms with Crippen LogP contribution in [-0.4, -0.2) is 32.4 Å². The van der Waals surface area contributed by atoms with E-state index in [4.69, 9.17) is 4.98 Å². The van der Waals surface area contributed by atoms with Crippen LogP contribution in [0.3, 0.4) is 0 Å². The van der Waals surface area contributed by atoms with Gasteiger partial charge in [0.2, 0.25) is 0 Å². The Labute approximate surface area is 212 Å². The van der Waals surface area contributed by atoms with Crippen molar-refractivity contribution in [3.8, 4) is 5.69 Å². The molecule has 0 aliphatic heterocycles. The highest BCUT2D eigenvalue weighted by Crippen LogP contribution is 2.35. The minimum Gasteiger partial charge on any atom is -0.272 e. The molecule has 3 heterocycles. The van der Waals surface area contributed by atoms with Gasteiger partial charge in [-0.2, -0.15) is 5.10 Å². The maximum absolute atomic E-state index is 13.7. The van der Waals surface area contributed by atoms with Gasteiger partial charge in [-0.05, 0) is 67.6 Å². The standard InChI is InChI=1S/C24H20BrN5O2S2/c25-15-8-10-17(11-9-15)30-23(32)21-18-6-1-2-7-19(18)34-22(21)28-24(30)33-14-20(31)29-27-13-16-5-3-4-12-26-16/h3-5,8-13H,1-2,6-7,14H2,(H,29,31). The Kier molecular flexibility index (Phi) is 6.89. The lowest BCUT2D eigenvalue weighted by Crippen LogP contribution is -2.24. The van der Waals surface area contributed by atoms with Gasteiger partial charge in [-0.1, -0.05) is 33.8 Å². The van der Waals surface area contributed by atoms with Gasteiger partial charge in [0.25, 0.3) is 11.5 Å². The molecule has 0 radical (unpaired) electrons. The number of pyridine rings is 1. The van der Waals surface area contributed by atoms with Crippen molar-refractivity contribution in [3.63, 3.8) is 0 Å². The van der Waals surface area contributed by atoms with E-state index in [1.165, 1.54) is 22.9 Å². The first-order valence-electron chi connectivity index (χ1n) is 10.8. The van der Waals surface area contributed by atoms with Gasteiger partial charge in [0.1, 0.15) is 4.83 Å². The summed E-state index contributed by atoms with van der Waals surface area (Å²) in [5.74, 6) is -0.224. The van der Waals surface area contributed by atoms with Crippen LogP contribution in [0.25, 0.3) is 15.9 Å². The molecule has 0 fully saturated rings. The van der Waals surface area contributed by atoms with Gasteiger partial charge in [0, 0.05) is 15.5 Å². The van der Waals surface area contributed by atoms with Gasteiger partial charge in [0.05, 0.1) is 28.7 Å². The quantitative estimate of drug-likeness (QED) is 0.161. The fraction of sp³-hybridized carbons (Fsp3) is 0.208. The van der Waals surface area contributed by atoms with Crippen LogP contribution in [0.4, 0.5) is 0 Å². The van der Waals surface area contributed by atoms with Gasteiger partial charge in [-0.3, -0.25) is 19.1 Å². The summed E-state index contributed by atoms with van der Waals surface area (Å²) < 4.78 is 2.54. The zero-order valence-corrected chi connectivity index (χ0v) is 21.3. The summed E-state index contributed by atoms with van der Waals surface area (Å²) >= 11 is 6.28. The van der Waals surface area contributed by atoms with E-state index in [1.54, 1.807) is 28.2 Å². The predicted octanol–water partition coefficient (Wildman–Crippen LogP) is 4.73. The summed E-state index contributed by atoms with van der Waals surface area (Å²) in [7, 11) is 0. The van der Waals surface area contributed by atoms with Crippen LogP contribution in [-0.2, 0) is 17.6 Å². The molecular weight excluding hydrogens is 534 g/mol. The molecule has 34 heavy (non-hydrogen) atoms. The van der Waals surface area contributed by atoms with Crippen LogP contribution < -0.4 is 11.0 Å². The average Bonchev–Trinajstić information content (AvgIpc) is 3.23. The zero-order chi connectivity index (χ0) is 23.5. The van der Waals surface area contributed by atoms with E-state index in [1.807, 2.05) is 36.4 Å². The summed E-state index contributed by atoms with van der Waals surface area (Å²) in [6.07, 6.45) is 7.28. The third-order valence-corrected chi connectivity index (χ3v) is 8.10. The molecule has 0 saturated carbocycles. The maximum atomic E-state index is 13.7. The van der Waals surface area contributed by atoms with E-state index < -0.39 is 0 Å². The fourth-order valence-electron chi connectivity index (χ4n) is 3.89. The second-order valence-electron chi connectivity index (χ2n) is 7.74. The van der Waals surface area contributed by atoms with Crippen LogP contribution in [0.15, 0.2) is 68.2 Å². The average molecular weight is 554 g/mol. The summed E-state index contributed by atoms with van der Waals surface area (Å²) in [5.41, 5.74) is 4.94. The molecule has 7 nitrogen and oxygen atoms in total. The predicted molar refractivity (Wildman–Crippen MR) is 140 cm³/mol. The third-order valence-electron chi connectivity index (χ3n) is 5.45. The zero-order valence-electron chi connectivity index (χ0n) is 18.0. The number of hydrogen-bond acceptors (Lipinski definition) is 7. The molecule has 1 aliphatic rings. The number of thioether (sulfide) groups is 1. The largest absolute Gasteiger partial charge is 0.272 e. The van der Waals surface area contributed by atoms with Crippen molar-refractivity contribution in [1.29, 1.82) is 0 Å². The number of fused-ring (bicyclic) bond motifs is 3. The molecule has 1 aromatic carbocycles. The summed E-state index contributed by atoms with van der Waals surface area (Å²) in [5, 5.41) is 5.17. The number of thiophene rings is 1. The van der Waals surface area contributed by atoms with Crippen molar-refractivity contribution in [3.05, 3.63) is 79.6 Å². The molecule has 10 heteroatoms. The summed E-state index contributed by atoms with van der Waals surface area (Å²) in [6.45, 7) is 0. The monoisotopic (exact) mass is 553 g/mol. The van der Waals surface area contributed by atoms with Gasteiger partial charge in [-0.25, -0.2) is 10.4 Å². The highest BCUT2D eigenvalue weighted by Gasteiger charge is 2.23. The minimum atomic E-state index is -0.292. The first-order chi connectivity index (χ1) is 16.6. The van der Waals surface area contributed by atoms with Crippen LogP contribution in [0.1, 0.15) is 29.0 Å². The molecule has 0 saturated heterocycles. The number of amides is 1. The van der Waals surface area contributed by atoms with E-state index in [0.29, 0.717) is 10.9 Å². The number of nitrogens with zero attached hydrogens (tertiary/aromatic N) is 4. The van der Waals surface area contributed by atoms with Crippen molar-refractivity contribution in [2.45, 2.75) is 30.8 Å². The second kappa shape index (κ2) is 10.2. The number of aryl methyl sites for hydroxylation is 2. The number of hydrazone groups is 1. The molecule has 4 aromatic rings. The third kappa shape index (κ3) is 4.84. The number of nitrogens with one attached hydrogen (secondary N) is 1. The smallest absolute Gasteiger partial charge is 0.267 e. The number of hydrogen-bond donors (Lipinski definition) is 1. The Morgan fingerprint density at radius 3 is 2.82 bits per heavy atom. The van der Waals surface area contributed by atoms with Crippen LogP contribution in [0, 0.1) is 0 Å². The van der Waals surface area contributed by atoms with Crippen molar-refractivity contribution < 1.29 is 4.79 Å². The van der Waals surface area contributed by atoms with Gasteiger partial charge in [0.15, 0.2) is 5.16 Å². The number of carbonyl (C=O) groups excluding carboxylic acids is 1. The van der Waals surface area contributed by atoms with E-state index >= 15 is 0 Å². The first-order valence-corrected chi connectivity index (χ1v) is 13.4. The Morgan fingerprint density at radius 2 is 2.03 bits per heavy atom. The number of benzene rings is 1. The molecule has 0 atom stereocenters. The normalized spacial score (nSPS) is 13.3. The highest BCUT2D eigenvalue weighted by molar-refractivity contribution is 9.10. The summed E-state index contributed by atoms with van der Waals surface area (Å²) in [6, 6.07) is 13.0. The Balaban J connectivity index is 1.45. The summed E-state index contributed by atoms with van der Waals surface area (Å²) in [4.78, 5) is 37.1. The Morgan fingerprint density at radius 1 is 1.21 bits per heavy atom. The highest BCUT2D eigenvalue weighted by atomic mass is 79.9. The van der Waals surface area contributed by atoms with Crippen LogP contribution in [0.5, 0.6) is 0 Å². The van der Waals surface area contributed by atoms with E-state index in [-0.39, 0.29) is 17.2 Å². The van der Waals surface area contributed by atoms with Crippen LogP contribution >= 0.6 is 39.0 Å². The van der Waals surface area contributed by atoms with Gasteiger partial charge in [-0.15, -0.1) is 11.3 Å².